The van der Waals surface area contributed by atoms with Gasteiger partial charge in [0.2, 0.25) is 5.91 Å². The van der Waals surface area contributed by atoms with Crippen molar-refractivity contribution < 1.29 is 89.4 Å². The minimum Gasteiger partial charge on any atom is -0.394 e. The number of nitrogens with one attached hydrogen (secondary N) is 1. The molecule has 0 aromatic rings. The summed E-state index contributed by atoms with van der Waals surface area (Å²) in [7, 11) is 0. The van der Waals surface area contributed by atoms with Crippen LogP contribution in [0.25, 0.3) is 0 Å². The van der Waals surface area contributed by atoms with Crippen LogP contribution in [0.3, 0.4) is 0 Å². The molecule has 17 unspecified atom stereocenters. The zero-order chi connectivity index (χ0) is 57.6. The van der Waals surface area contributed by atoms with Gasteiger partial charge in [0.25, 0.3) is 0 Å². The van der Waals surface area contributed by atoms with Gasteiger partial charge in [-0.1, -0.05) is 192 Å². The maximum absolute atomic E-state index is 13.3. The third kappa shape index (κ3) is 27.7. The monoisotopic (exact) mass is 1130 g/mol. The van der Waals surface area contributed by atoms with Crippen molar-refractivity contribution in [1.29, 1.82) is 0 Å². The van der Waals surface area contributed by atoms with E-state index in [1.54, 1.807) is 6.08 Å². The Balaban J connectivity index is 1.50. The molecule has 19 heteroatoms. The summed E-state index contributed by atoms with van der Waals surface area (Å²) in [5, 5.41) is 120. The number of aliphatic hydroxyl groups excluding tert-OH is 11. The molecule has 0 aliphatic carbocycles. The van der Waals surface area contributed by atoms with Crippen LogP contribution in [0.2, 0.25) is 0 Å². The summed E-state index contributed by atoms with van der Waals surface area (Å²) < 4.78 is 34.3. The van der Waals surface area contributed by atoms with E-state index in [-0.39, 0.29) is 18.9 Å². The Morgan fingerprint density at radius 2 is 0.797 bits per heavy atom. The van der Waals surface area contributed by atoms with Crippen LogP contribution in [0.5, 0.6) is 0 Å². The molecule has 3 fully saturated rings. The molecule has 0 aromatic heterocycles. The van der Waals surface area contributed by atoms with Crippen molar-refractivity contribution >= 4 is 5.91 Å². The molecule has 0 aromatic carbocycles. The second-order valence-corrected chi connectivity index (χ2v) is 22.5. The van der Waals surface area contributed by atoms with E-state index in [1.165, 1.54) is 135 Å². The molecule has 12 N–H and O–H groups in total. The Labute approximate surface area is 473 Å². The van der Waals surface area contributed by atoms with Crippen LogP contribution in [0.4, 0.5) is 0 Å². The van der Waals surface area contributed by atoms with Gasteiger partial charge in [0.1, 0.15) is 73.2 Å². The summed E-state index contributed by atoms with van der Waals surface area (Å²) >= 11 is 0. The van der Waals surface area contributed by atoms with Crippen molar-refractivity contribution in [3.63, 3.8) is 0 Å². The summed E-state index contributed by atoms with van der Waals surface area (Å²) in [5.74, 6) is -0.279. The van der Waals surface area contributed by atoms with Crippen LogP contribution in [-0.4, -0.2) is 193 Å². The standard InChI is InChI=1S/C60H111NO18/c1-3-5-7-9-11-13-15-17-19-21-22-24-26-28-30-32-34-36-38-48(66)61-43(44(65)37-35-33-31-29-27-25-23-20-18-16-14-12-10-8-6-4-2)42-74-58-54(72)51(69)56(46(40-63)76-58)79-60-55(73)52(70)57(47(41-64)77-60)78-59-53(71)50(68)49(67)45(39-62)75-59/h19,21,35,37,43-47,49-60,62-65,67-73H,3-18,20,22-34,36,38-42H2,1-2H3,(H,61,66)/b21-19-,37-35+. The molecule has 1 amide bonds. The fourth-order valence-corrected chi connectivity index (χ4v) is 10.6. The molecule has 0 spiro atoms. The molecule has 0 bridgehead atoms. The molecule has 3 aliphatic heterocycles. The average molecular weight is 1130 g/mol. The normalized spacial score (nSPS) is 30.4. The average Bonchev–Trinajstić information content (AvgIpc) is 3.47. The number of hydrogen-bond acceptors (Lipinski definition) is 18. The van der Waals surface area contributed by atoms with Crippen LogP contribution in [0.15, 0.2) is 24.3 Å². The molecule has 19 nitrogen and oxygen atoms in total. The van der Waals surface area contributed by atoms with Crippen LogP contribution in [0, 0.1) is 0 Å². The zero-order valence-electron chi connectivity index (χ0n) is 48.4. The summed E-state index contributed by atoms with van der Waals surface area (Å²) in [5.41, 5.74) is 0. The fourth-order valence-electron chi connectivity index (χ4n) is 10.6. The van der Waals surface area contributed by atoms with Gasteiger partial charge in [-0.3, -0.25) is 4.79 Å². The third-order valence-corrected chi connectivity index (χ3v) is 15.7. The Morgan fingerprint density at radius 1 is 0.443 bits per heavy atom. The third-order valence-electron chi connectivity index (χ3n) is 15.7. The first-order chi connectivity index (χ1) is 38.3. The highest BCUT2D eigenvalue weighted by Crippen LogP contribution is 2.33. The van der Waals surface area contributed by atoms with E-state index in [0.29, 0.717) is 6.42 Å². The molecule has 464 valence electrons. The molecule has 79 heavy (non-hydrogen) atoms. The van der Waals surface area contributed by atoms with Gasteiger partial charge in [0.15, 0.2) is 18.9 Å². The number of aliphatic hydroxyl groups is 11. The van der Waals surface area contributed by atoms with Crippen molar-refractivity contribution in [2.75, 3.05) is 26.4 Å². The topological polar surface area (TPSA) is 307 Å². The van der Waals surface area contributed by atoms with E-state index in [2.05, 4.69) is 31.3 Å². The summed E-state index contributed by atoms with van der Waals surface area (Å²) in [6.07, 6.45) is 18.6. The molecule has 3 aliphatic rings. The van der Waals surface area contributed by atoms with E-state index in [4.69, 9.17) is 28.4 Å². The van der Waals surface area contributed by atoms with Gasteiger partial charge in [0.05, 0.1) is 38.6 Å². The van der Waals surface area contributed by atoms with Crippen molar-refractivity contribution in [2.45, 2.75) is 324 Å². The number of allylic oxidation sites excluding steroid dienone is 3. The summed E-state index contributed by atoms with van der Waals surface area (Å²) in [6, 6.07) is -0.972. The quantitative estimate of drug-likeness (QED) is 0.0248. The number of ether oxygens (including phenoxy) is 6. The molecule has 3 saturated heterocycles. The van der Waals surface area contributed by atoms with Crippen LogP contribution >= 0.6 is 0 Å². The highest BCUT2D eigenvalue weighted by Gasteiger charge is 2.53. The first-order valence-corrected chi connectivity index (χ1v) is 31.1. The second-order valence-electron chi connectivity index (χ2n) is 22.5. The lowest BCUT2D eigenvalue weighted by atomic mass is 9.96. The molecule has 0 radical (unpaired) electrons. The number of rotatable bonds is 46. The van der Waals surface area contributed by atoms with E-state index >= 15 is 0 Å². The van der Waals surface area contributed by atoms with E-state index < -0.39 is 124 Å². The maximum atomic E-state index is 13.3. The van der Waals surface area contributed by atoms with Gasteiger partial charge in [-0.25, -0.2) is 0 Å². The molecule has 17 atom stereocenters. The van der Waals surface area contributed by atoms with Crippen molar-refractivity contribution in [1.82, 2.24) is 5.32 Å². The Morgan fingerprint density at radius 3 is 1.23 bits per heavy atom. The Hall–Kier alpha value is -1.73. The maximum Gasteiger partial charge on any atom is 0.220 e. The minimum absolute atomic E-state index is 0.240. The Kier molecular flexibility index (Phi) is 39.7. The van der Waals surface area contributed by atoms with Gasteiger partial charge in [-0.2, -0.15) is 0 Å². The highest BCUT2D eigenvalue weighted by atomic mass is 16.8. The van der Waals surface area contributed by atoms with E-state index in [1.807, 2.05) is 6.08 Å². The molecule has 0 saturated carbocycles. The van der Waals surface area contributed by atoms with Gasteiger partial charge in [-0.15, -0.1) is 0 Å². The molecular weight excluding hydrogens is 1020 g/mol. The number of unbranched alkanes of at least 4 members (excludes halogenated alkanes) is 28. The first kappa shape index (κ1) is 71.5. The van der Waals surface area contributed by atoms with Crippen molar-refractivity contribution in [3.05, 3.63) is 24.3 Å². The smallest absolute Gasteiger partial charge is 0.220 e. The lowest BCUT2D eigenvalue weighted by molar-refractivity contribution is -0.379. The SMILES string of the molecule is CCCCCCCCC/C=C\CCCCCCCCCC(=O)NC(COC1OC(CO)C(OC2OC(CO)C(OC3OC(CO)C(O)C(O)C3O)C(O)C2O)C(O)C1O)C(O)/C=C/CCCCCCCCCCCCCCCC. The Bertz CT molecular complexity index is 1540. The van der Waals surface area contributed by atoms with Gasteiger partial charge >= 0.3 is 0 Å². The largest absolute Gasteiger partial charge is 0.394 e. The van der Waals surface area contributed by atoms with Crippen molar-refractivity contribution in [3.8, 4) is 0 Å². The first-order valence-electron chi connectivity index (χ1n) is 31.1. The van der Waals surface area contributed by atoms with E-state index in [9.17, 15) is 61.0 Å². The zero-order valence-corrected chi connectivity index (χ0v) is 48.4. The molecule has 3 heterocycles. The lowest BCUT2D eigenvalue weighted by Gasteiger charge is -2.48. The summed E-state index contributed by atoms with van der Waals surface area (Å²) in [6.45, 7) is 1.72. The van der Waals surface area contributed by atoms with Crippen molar-refractivity contribution in [2.24, 2.45) is 0 Å². The predicted molar refractivity (Wildman–Crippen MR) is 300 cm³/mol. The number of carbonyl (C=O) groups is 1. The summed E-state index contributed by atoms with van der Waals surface area (Å²) in [4.78, 5) is 13.3. The van der Waals surface area contributed by atoms with E-state index in [0.717, 1.165) is 57.8 Å². The van der Waals surface area contributed by atoms with Gasteiger partial charge < -0.3 is 89.9 Å². The minimum atomic E-state index is -1.98. The number of amides is 1. The fraction of sp³-hybridized carbons (Fsp3) is 0.917. The number of carbonyl (C=O) groups excluding carboxylic acids is 1. The second kappa shape index (κ2) is 43.8. The number of hydrogen-bond donors (Lipinski definition) is 12. The lowest BCUT2D eigenvalue weighted by Crippen LogP contribution is -2.66. The molecular formula is C60H111NO18. The van der Waals surface area contributed by atoms with Crippen LogP contribution < -0.4 is 5.32 Å². The van der Waals surface area contributed by atoms with Crippen LogP contribution in [0.1, 0.15) is 219 Å². The van der Waals surface area contributed by atoms with Gasteiger partial charge in [0, 0.05) is 6.42 Å². The molecule has 3 rings (SSSR count). The van der Waals surface area contributed by atoms with Crippen LogP contribution in [-0.2, 0) is 33.2 Å². The predicted octanol–water partition coefficient (Wildman–Crippen LogP) is 5.93. The highest BCUT2D eigenvalue weighted by molar-refractivity contribution is 5.76. The van der Waals surface area contributed by atoms with Gasteiger partial charge in [-0.05, 0) is 44.9 Å².